The number of amides is 3. The highest BCUT2D eigenvalue weighted by atomic mass is 32.2. The first-order valence-electron chi connectivity index (χ1n) is 6.02. The Balaban J connectivity index is 3.10. The van der Waals surface area contributed by atoms with Crippen LogP contribution in [0.4, 0.5) is 10.5 Å². The van der Waals surface area contributed by atoms with Gasteiger partial charge in [-0.1, -0.05) is 25.3 Å². The minimum atomic E-state index is -3.84. The molecule has 0 fully saturated rings. The Morgan fingerprint density at radius 1 is 1.32 bits per heavy atom. The van der Waals surface area contributed by atoms with Crippen molar-refractivity contribution < 1.29 is 18.0 Å². The Bertz CT molecular complexity index is 700. The van der Waals surface area contributed by atoms with Crippen molar-refractivity contribution >= 4 is 27.8 Å². The van der Waals surface area contributed by atoms with E-state index >= 15 is 0 Å². The average Bonchev–Trinajstić information content (AvgIpc) is 2.45. The molecule has 0 unspecified atom stereocenters. The first-order valence-corrected chi connectivity index (χ1v) is 7.57. The molecule has 1 aromatic rings. The summed E-state index contributed by atoms with van der Waals surface area (Å²) >= 11 is 0. The number of anilines is 1. The molecule has 0 bridgehead atoms. The minimum Gasteiger partial charge on any atom is -0.314 e. The van der Waals surface area contributed by atoms with E-state index in [1.54, 1.807) is 12.1 Å². The van der Waals surface area contributed by atoms with Gasteiger partial charge in [-0.2, -0.15) is 13.1 Å². The van der Waals surface area contributed by atoms with Gasteiger partial charge in [0.25, 0.3) is 16.1 Å². The van der Waals surface area contributed by atoms with Gasteiger partial charge in [-0.25, -0.2) is 14.8 Å². The van der Waals surface area contributed by atoms with Crippen molar-refractivity contribution in [3.8, 4) is 0 Å². The maximum Gasteiger partial charge on any atom is 0.332 e. The largest absolute Gasteiger partial charge is 0.332 e. The maximum atomic E-state index is 11.9. The van der Waals surface area contributed by atoms with Gasteiger partial charge in [0.1, 0.15) is 0 Å². The number of urea groups is 1. The van der Waals surface area contributed by atoms with E-state index in [4.69, 9.17) is 5.14 Å². The molecule has 9 heteroatoms. The van der Waals surface area contributed by atoms with E-state index in [9.17, 15) is 18.0 Å². The van der Waals surface area contributed by atoms with E-state index in [0.717, 1.165) is 17.2 Å². The van der Waals surface area contributed by atoms with Crippen LogP contribution in [-0.2, 0) is 21.5 Å². The molecule has 0 saturated carbocycles. The van der Waals surface area contributed by atoms with E-state index < -0.39 is 22.1 Å². The molecule has 0 aliphatic rings. The van der Waals surface area contributed by atoms with Crippen LogP contribution in [0.1, 0.15) is 5.56 Å². The van der Waals surface area contributed by atoms with Crippen molar-refractivity contribution in [3.63, 3.8) is 0 Å². The zero-order valence-electron chi connectivity index (χ0n) is 11.7. The first-order chi connectivity index (χ1) is 10.3. The van der Waals surface area contributed by atoms with Crippen LogP contribution >= 0.6 is 0 Å². The summed E-state index contributed by atoms with van der Waals surface area (Å²) < 4.78 is 23.9. The van der Waals surface area contributed by atoms with Crippen LogP contribution < -0.4 is 20.1 Å². The van der Waals surface area contributed by atoms with Crippen molar-refractivity contribution in [3.05, 3.63) is 55.3 Å². The molecule has 8 nitrogen and oxygen atoms in total. The predicted molar refractivity (Wildman–Crippen MR) is 82.8 cm³/mol. The average molecular weight is 324 g/mol. The summed E-state index contributed by atoms with van der Waals surface area (Å²) in [4.78, 5) is 24.6. The number of carbonyl (C=O) groups excluding carboxylic acids is 2. The topological polar surface area (TPSA) is 122 Å². The number of hydrogen-bond donors (Lipinski definition) is 3. The molecule has 0 atom stereocenters. The van der Waals surface area contributed by atoms with Gasteiger partial charge in [-0.05, 0) is 30.0 Å². The lowest BCUT2D eigenvalue weighted by Gasteiger charge is -2.19. The van der Waals surface area contributed by atoms with Crippen LogP contribution in [0, 0.1) is 0 Å². The molecule has 0 aliphatic heterocycles. The highest BCUT2D eigenvalue weighted by Gasteiger charge is 2.20. The molecule has 1 aromatic carbocycles. The number of carbonyl (C=O) groups is 2. The number of nitrogens with two attached hydrogens (primary N) is 1. The summed E-state index contributed by atoms with van der Waals surface area (Å²) in [7, 11) is -3.84. The molecule has 0 radical (unpaired) electrons. The molecule has 1 rings (SSSR count). The van der Waals surface area contributed by atoms with Gasteiger partial charge in [0.05, 0.1) is 5.69 Å². The van der Waals surface area contributed by atoms with E-state index in [1.807, 2.05) is 0 Å². The fraction of sp³-hybridized carbons (Fsp3) is 0.0769. The summed E-state index contributed by atoms with van der Waals surface area (Å²) in [6.07, 6.45) is 2.12. The molecule has 4 N–H and O–H groups in total. The van der Waals surface area contributed by atoms with Gasteiger partial charge in [0.2, 0.25) is 0 Å². The zero-order chi connectivity index (χ0) is 16.8. The Morgan fingerprint density at radius 2 is 2.00 bits per heavy atom. The molecular formula is C13H16N4O4S. The summed E-state index contributed by atoms with van der Waals surface area (Å²) in [5, 5.41) is 7.13. The van der Waals surface area contributed by atoms with E-state index in [2.05, 4.69) is 23.2 Å². The number of hydrogen-bond acceptors (Lipinski definition) is 4. The molecule has 0 spiro atoms. The second-order valence-electron chi connectivity index (χ2n) is 4.07. The minimum absolute atomic E-state index is 0.0775. The van der Waals surface area contributed by atoms with Crippen molar-refractivity contribution in [2.45, 2.75) is 6.54 Å². The molecule has 3 amide bonds. The SMILES string of the molecule is C=CNC(=O)N(C(=O)C=C)c1cccc(CNS(N)(=O)=O)c1. The number of nitrogens with one attached hydrogen (secondary N) is 2. The zero-order valence-corrected chi connectivity index (χ0v) is 12.5. The van der Waals surface area contributed by atoms with Crippen LogP contribution in [0.25, 0.3) is 0 Å². The summed E-state index contributed by atoms with van der Waals surface area (Å²) in [6, 6.07) is 5.47. The van der Waals surface area contributed by atoms with Crippen LogP contribution in [0.3, 0.4) is 0 Å². The number of benzene rings is 1. The first kappa shape index (κ1) is 17.6. The molecule has 0 heterocycles. The highest BCUT2D eigenvalue weighted by molar-refractivity contribution is 7.87. The molecule has 22 heavy (non-hydrogen) atoms. The summed E-state index contributed by atoms with van der Waals surface area (Å²) in [6.45, 7) is 6.61. The van der Waals surface area contributed by atoms with Crippen LogP contribution in [0.5, 0.6) is 0 Å². The second-order valence-corrected chi connectivity index (χ2v) is 5.45. The third-order valence-corrected chi connectivity index (χ3v) is 3.02. The number of nitrogens with zero attached hydrogens (tertiary/aromatic N) is 1. The lowest BCUT2D eigenvalue weighted by Crippen LogP contribution is -2.41. The van der Waals surface area contributed by atoms with Crippen molar-refractivity contribution in [2.24, 2.45) is 5.14 Å². The van der Waals surface area contributed by atoms with Crippen molar-refractivity contribution in [2.75, 3.05) is 4.90 Å². The van der Waals surface area contributed by atoms with E-state index in [0.29, 0.717) is 5.56 Å². The Morgan fingerprint density at radius 3 is 2.55 bits per heavy atom. The third kappa shape index (κ3) is 5.13. The lowest BCUT2D eigenvalue weighted by atomic mass is 10.2. The highest BCUT2D eigenvalue weighted by Crippen LogP contribution is 2.17. The number of imide groups is 1. The second kappa shape index (κ2) is 7.50. The van der Waals surface area contributed by atoms with Crippen LogP contribution in [-0.4, -0.2) is 20.4 Å². The van der Waals surface area contributed by atoms with Gasteiger partial charge in [-0.15, -0.1) is 0 Å². The Kier molecular flexibility index (Phi) is 5.99. The monoisotopic (exact) mass is 324 g/mol. The van der Waals surface area contributed by atoms with Gasteiger partial charge in [-0.3, -0.25) is 4.79 Å². The normalized spacial score (nSPS) is 10.6. The lowest BCUT2D eigenvalue weighted by molar-refractivity contribution is -0.113. The fourth-order valence-electron chi connectivity index (χ4n) is 1.58. The van der Waals surface area contributed by atoms with E-state index in [1.165, 1.54) is 12.1 Å². The van der Waals surface area contributed by atoms with Gasteiger partial charge in [0.15, 0.2) is 0 Å². The smallest absolute Gasteiger partial charge is 0.314 e. The maximum absolute atomic E-state index is 11.9. The van der Waals surface area contributed by atoms with Gasteiger partial charge >= 0.3 is 6.03 Å². The van der Waals surface area contributed by atoms with Gasteiger partial charge in [0, 0.05) is 6.54 Å². The standard InChI is InChI=1S/C13H16N4O4S/c1-3-12(18)17(13(19)15-4-2)11-7-5-6-10(8-11)9-16-22(14,20)21/h3-8,16H,1-2,9H2,(H,15,19)(H2,14,20,21). The Labute approximate surface area is 128 Å². The summed E-state index contributed by atoms with van der Waals surface area (Å²) in [5.41, 5.74) is 0.762. The molecular weight excluding hydrogens is 308 g/mol. The van der Waals surface area contributed by atoms with E-state index in [-0.39, 0.29) is 12.2 Å². The predicted octanol–water partition coefficient (Wildman–Crippen LogP) is 0.352. The Hall–Kier alpha value is -2.49. The fourth-order valence-corrected chi connectivity index (χ4v) is 1.95. The van der Waals surface area contributed by atoms with Crippen molar-refractivity contribution in [1.82, 2.24) is 10.0 Å². The summed E-state index contributed by atoms with van der Waals surface area (Å²) in [5.74, 6) is -0.643. The van der Waals surface area contributed by atoms with Crippen LogP contribution in [0.15, 0.2) is 49.7 Å². The number of rotatable bonds is 6. The van der Waals surface area contributed by atoms with Gasteiger partial charge < -0.3 is 5.32 Å². The molecule has 0 aliphatic carbocycles. The molecule has 0 aromatic heterocycles. The molecule has 0 saturated heterocycles. The van der Waals surface area contributed by atoms with Crippen molar-refractivity contribution in [1.29, 1.82) is 0 Å². The molecule has 118 valence electrons. The van der Waals surface area contributed by atoms with Crippen LogP contribution in [0.2, 0.25) is 0 Å². The quantitative estimate of drug-likeness (QED) is 0.654. The third-order valence-electron chi connectivity index (χ3n) is 2.47.